The van der Waals surface area contributed by atoms with Crippen molar-refractivity contribution in [2.24, 2.45) is 0 Å². The van der Waals surface area contributed by atoms with Gasteiger partial charge in [-0.2, -0.15) is 11.8 Å². The summed E-state index contributed by atoms with van der Waals surface area (Å²) in [5, 5.41) is 5.06. The zero-order chi connectivity index (χ0) is 10.5. The molecule has 1 unspecified atom stereocenters. The van der Waals surface area contributed by atoms with E-state index < -0.39 is 0 Å². The molecular weight excluding hydrogens is 226 g/mol. The molecule has 3 heteroatoms. The first kappa shape index (κ1) is 11.3. The highest BCUT2D eigenvalue weighted by Crippen LogP contribution is 2.19. The van der Waals surface area contributed by atoms with E-state index in [0.717, 1.165) is 16.7 Å². The number of aryl methyl sites for hydroxylation is 1. The van der Waals surface area contributed by atoms with Crippen LogP contribution in [0.3, 0.4) is 0 Å². The highest BCUT2D eigenvalue weighted by atomic mass is 35.5. The molecule has 82 valence electrons. The van der Waals surface area contributed by atoms with Crippen LogP contribution in [0.15, 0.2) is 24.3 Å². The summed E-state index contributed by atoms with van der Waals surface area (Å²) in [5.74, 6) is 1.20. The van der Waals surface area contributed by atoms with Gasteiger partial charge in [-0.15, -0.1) is 0 Å². The van der Waals surface area contributed by atoms with Crippen molar-refractivity contribution in [3.63, 3.8) is 0 Å². The van der Waals surface area contributed by atoms with Crippen LogP contribution >= 0.6 is 23.4 Å². The van der Waals surface area contributed by atoms with Gasteiger partial charge in [0.05, 0.1) is 0 Å². The topological polar surface area (TPSA) is 12.0 Å². The largest absolute Gasteiger partial charge is 0.316 e. The Morgan fingerprint density at radius 1 is 1.47 bits per heavy atom. The minimum absolute atomic E-state index is 0.823. The van der Waals surface area contributed by atoms with Crippen LogP contribution in [0.4, 0.5) is 0 Å². The first-order valence-corrected chi connectivity index (χ1v) is 6.84. The Morgan fingerprint density at radius 3 is 3.13 bits per heavy atom. The minimum atomic E-state index is 0.823. The zero-order valence-electron chi connectivity index (χ0n) is 8.71. The molecule has 1 aromatic carbocycles. The lowest BCUT2D eigenvalue weighted by Gasteiger charge is -2.07. The smallest absolute Gasteiger partial charge is 0.0408 e. The summed E-state index contributed by atoms with van der Waals surface area (Å²) < 4.78 is 0. The van der Waals surface area contributed by atoms with Gasteiger partial charge in [0, 0.05) is 16.8 Å². The summed E-state index contributed by atoms with van der Waals surface area (Å²) >= 11 is 8.01. The Labute approximate surface area is 101 Å². The number of rotatable bonds is 4. The number of hydrogen-bond acceptors (Lipinski definition) is 2. The molecule has 0 spiro atoms. The molecule has 1 fully saturated rings. The number of nitrogens with one attached hydrogen (secondary N) is 1. The molecule has 1 heterocycles. The van der Waals surface area contributed by atoms with E-state index in [2.05, 4.69) is 29.2 Å². The van der Waals surface area contributed by atoms with E-state index in [4.69, 9.17) is 11.6 Å². The van der Waals surface area contributed by atoms with Crippen LogP contribution in [-0.2, 0) is 6.42 Å². The lowest BCUT2D eigenvalue weighted by Crippen LogP contribution is -2.10. The quantitative estimate of drug-likeness (QED) is 0.870. The SMILES string of the molecule is Clc1cccc(CCSC2CCNC2)c1. The second-order valence-electron chi connectivity index (χ2n) is 3.87. The van der Waals surface area contributed by atoms with E-state index in [9.17, 15) is 0 Å². The maximum atomic E-state index is 5.93. The molecule has 1 aliphatic heterocycles. The summed E-state index contributed by atoms with van der Waals surface area (Å²) in [6.07, 6.45) is 2.45. The van der Waals surface area contributed by atoms with Crippen molar-refractivity contribution in [3.05, 3.63) is 34.9 Å². The number of benzene rings is 1. The van der Waals surface area contributed by atoms with Gasteiger partial charge >= 0.3 is 0 Å². The molecule has 1 saturated heterocycles. The van der Waals surface area contributed by atoms with Crippen molar-refractivity contribution < 1.29 is 0 Å². The molecule has 0 aliphatic carbocycles. The summed E-state index contributed by atoms with van der Waals surface area (Å²) in [6.45, 7) is 2.37. The van der Waals surface area contributed by atoms with Crippen molar-refractivity contribution >= 4 is 23.4 Å². The van der Waals surface area contributed by atoms with E-state index in [1.807, 2.05) is 12.1 Å². The predicted octanol–water partition coefficient (Wildman–Crippen LogP) is 2.98. The van der Waals surface area contributed by atoms with Gasteiger partial charge in [0.1, 0.15) is 0 Å². The third-order valence-corrected chi connectivity index (χ3v) is 4.20. The van der Waals surface area contributed by atoms with Gasteiger partial charge in [-0.25, -0.2) is 0 Å². The average Bonchev–Trinajstić information content (AvgIpc) is 2.71. The third kappa shape index (κ3) is 3.71. The van der Waals surface area contributed by atoms with Crippen LogP contribution in [0.25, 0.3) is 0 Å². The molecule has 1 N–H and O–H groups in total. The van der Waals surface area contributed by atoms with Crippen molar-refractivity contribution in [2.45, 2.75) is 18.1 Å². The molecule has 0 radical (unpaired) electrons. The van der Waals surface area contributed by atoms with E-state index in [1.54, 1.807) is 0 Å². The van der Waals surface area contributed by atoms with Gasteiger partial charge in [0.25, 0.3) is 0 Å². The van der Waals surface area contributed by atoms with Crippen molar-refractivity contribution in [2.75, 3.05) is 18.8 Å². The van der Waals surface area contributed by atoms with Gasteiger partial charge in [-0.1, -0.05) is 23.7 Å². The van der Waals surface area contributed by atoms with Crippen molar-refractivity contribution in [1.82, 2.24) is 5.32 Å². The van der Waals surface area contributed by atoms with Crippen LogP contribution in [0.2, 0.25) is 5.02 Å². The monoisotopic (exact) mass is 241 g/mol. The van der Waals surface area contributed by atoms with Crippen LogP contribution in [0, 0.1) is 0 Å². The van der Waals surface area contributed by atoms with Gasteiger partial charge in [0.2, 0.25) is 0 Å². The van der Waals surface area contributed by atoms with Gasteiger partial charge < -0.3 is 5.32 Å². The number of halogens is 1. The molecule has 15 heavy (non-hydrogen) atoms. The maximum absolute atomic E-state index is 5.93. The fraction of sp³-hybridized carbons (Fsp3) is 0.500. The molecule has 0 amide bonds. The highest BCUT2D eigenvalue weighted by Gasteiger charge is 2.13. The number of hydrogen-bond donors (Lipinski definition) is 1. The Bertz CT molecular complexity index is 310. The number of thioether (sulfide) groups is 1. The molecule has 1 atom stereocenters. The standard InChI is InChI=1S/C12H16ClNS/c13-11-3-1-2-10(8-11)5-7-15-12-4-6-14-9-12/h1-3,8,12,14H,4-7,9H2. The third-order valence-electron chi connectivity index (χ3n) is 2.65. The fourth-order valence-corrected chi connectivity index (χ4v) is 3.23. The molecule has 1 aliphatic rings. The van der Waals surface area contributed by atoms with Crippen molar-refractivity contribution in [3.8, 4) is 0 Å². The summed E-state index contributed by atoms with van der Waals surface area (Å²) in [5.41, 5.74) is 1.35. The second-order valence-corrected chi connectivity index (χ2v) is 5.71. The Balaban J connectivity index is 1.73. The summed E-state index contributed by atoms with van der Waals surface area (Å²) in [4.78, 5) is 0. The first-order chi connectivity index (χ1) is 7.34. The Hall–Kier alpha value is -0.180. The molecule has 1 aromatic rings. The van der Waals surface area contributed by atoms with Gasteiger partial charge in [-0.3, -0.25) is 0 Å². The van der Waals surface area contributed by atoms with E-state index in [1.165, 1.54) is 30.8 Å². The summed E-state index contributed by atoms with van der Waals surface area (Å²) in [7, 11) is 0. The van der Waals surface area contributed by atoms with Gasteiger partial charge in [-0.05, 0) is 42.8 Å². The zero-order valence-corrected chi connectivity index (χ0v) is 10.3. The fourth-order valence-electron chi connectivity index (χ4n) is 1.81. The first-order valence-electron chi connectivity index (χ1n) is 5.41. The van der Waals surface area contributed by atoms with Crippen molar-refractivity contribution in [1.29, 1.82) is 0 Å². The van der Waals surface area contributed by atoms with E-state index in [-0.39, 0.29) is 0 Å². The molecule has 0 bridgehead atoms. The molecule has 2 rings (SSSR count). The molecule has 1 nitrogen and oxygen atoms in total. The lowest BCUT2D eigenvalue weighted by molar-refractivity contribution is 0.858. The molecule has 0 saturated carbocycles. The molecule has 0 aromatic heterocycles. The van der Waals surface area contributed by atoms with Crippen LogP contribution in [-0.4, -0.2) is 24.1 Å². The summed E-state index contributed by atoms with van der Waals surface area (Å²) in [6, 6.07) is 8.17. The molecular formula is C12H16ClNS. The maximum Gasteiger partial charge on any atom is 0.0408 e. The van der Waals surface area contributed by atoms with Gasteiger partial charge in [0.15, 0.2) is 0 Å². The Morgan fingerprint density at radius 2 is 2.40 bits per heavy atom. The average molecular weight is 242 g/mol. The predicted molar refractivity (Wildman–Crippen MR) is 68.9 cm³/mol. The Kier molecular flexibility index (Phi) is 4.36. The normalized spacial score (nSPS) is 20.7. The second kappa shape index (κ2) is 5.78. The van der Waals surface area contributed by atoms with E-state index in [0.29, 0.717) is 0 Å². The lowest BCUT2D eigenvalue weighted by atomic mass is 10.2. The van der Waals surface area contributed by atoms with Crippen LogP contribution in [0.1, 0.15) is 12.0 Å². The minimum Gasteiger partial charge on any atom is -0.316 e. The van der Waals surface area contributed by atoms with E-state index >= 15 is 0 Å². The highest BCUT2D eigenvalue weighted by molar-refractivity contribution is 7.99. The van der Waals surface area contributed by atoms with Crippen LogP contribution < -0.4 is 5.32 Å². The van der Waals surface area contributed by atoms with Crippen LogP contribution in [0.5, 0.6) is 0 Å².